The lowest BCUT2D eigenvalue weighted by molar-refractivity contribution is -0.384. The summed E-state index contributed by atoms with van der Waals surface area (Å²) in [5, 5.41) is 9.77. The van der Waals surface area contributed by atoms with Crippen molar-refractivity contribution in [2.75, 3.05) is 0 Å². The monoisotopic (exact) mass is 299 g/mol. The Kier molecular flexibility index (Phi) is 2.86. The van der Waals surface area contributed by atoms with Gasteiger partial charge in [-0.2, -0.15) is 13.2 Å². The summed E-state index contributed by atoms with van der Waals surface area (Å²) in [6.45, 7) is 0. The van der Waals surface area contributed by atoms with Crippen LogP contribution in [0.25, 0.3) is 11.0 Å². The maximum atomic E-state index is 12.4. The lowest BCUT2D eigenvalue weighted by Crippen LogP contribution is -2.06. The Morgan fingerprint density at radius 3 is 2.50 bits per heavy atom. The SMILES string of the molecule is O=[N+]([O-])c1c(Cl)cc2[nH]c(C(F)(F)F)nc2c1Cl. The third-order valence-corrected chi connectivity index (χ3v) is 2.74. The predicted octanol–water partition coefficient (Wildman–Crippen LogP) is 3.80. The van der Waals surface area contributed by atoms with Crippen LogP contribution in [-0.4, -0.2) is 14.9 Å². The van der Waals surface area contributed by atoms with Crippen molar-refractivity contribution in [1.29, 1.82) is 0 Å². The molecule has 0 unspecified atom stereocenters. The summed E-state index contributed by atoms with van der Waals surface area (Å²) in [7, 11) is 0. The maximum Gasteiger partial charge on any atom is 0.449 e. The maximum absolute atomic E-state index is 12.4. The van der Waals surface area contributed by atoms with Gasteiger partial charge in [0.1, 0.15) is 15.6 Å². The van der Waals surface area contributed by atoms with Crippen molar-refractivity contribution in [2.45, 2.75) is 6.18 Å². The van der Waals surface area contributed by atoms with Gasteiger partial charge in [-0.15, -0.1) is 0 Å². The summed E-state index contributed by atoms with van der Waals surface area (Å²) in [5.74, 6) is -1.30. The van der Waals surface area contributed by atoms with Crippen LogP contribution >= 0.6 is 23.2 Å². The number of aromatic amines is 1. The number of nitro groups is 1. The van der Waals surface area contributed by atoms with Gasteiger partial charge in [-0.05, 0) is 6.07 Å². The smallest absolute Gasteiger partial charge is 0.334 e. The van der Waals surface area contributed by atoms with E-state index in [1.165, 1.54) is 0 Å². The van der Waals surface area contributed by atoms with Gasteiger partial charge in [0.25, 0.3) is 0 Å². The number of nitro benzene ring substituents is 1. The summed E-state index contributed by atoms with van der Waals surface area (Å²) >= 11 is 11.2. The van der Waals surface area contributed by atoms with Gasteiger partial charge in [0, 0.05) is 0 Å². The van der Waals surface area contributed by atoms with Gasteiger partial charge in [-0.25, -0.2) is 4.98 Å². The molecule has 0 atom stereocenters. The van der Waals surface area contributed by atoms with E-state index < -0.39 is 27.6 Å². The van der Waals surface area contributed by atoms with Crippen LogP contribution in [0.4, 0.5) is 18.9 Å². The molecule has 5 nitrogen and oxygen atoms in total. The van der Waals surface area contributed by atoms with Crippen LogP contribution in [0, 0.1) is 10.1 Å². The lowest BCUT2D eigenvalue weighted by Gasteiger charge is -1.98. The molecule has 0 bridgehead atoms. The normalized spacial score (nSPS) is 12.1. The number of hydrogen-bond donors (Lipinski definition) is 1. The van der Waals surface area contributed by atoms with Crippen LogP contribution in [0.2, 0.25) is 10.0 Å². The van der Waals surface area contributed by atoms with Gasteiger partial charge in [0.15, 0.2) is 0 Å². The molecule has 0 fully saturated rings. The number of benzene rings is 1. The van der Waals surface area contributed by atoms with E-state index in [4.69, 9.17) is 23.2 Å². The number of alkyl halides is 3. The minimum Gasteiger partial charge on any atom is -0.334 e. The highest BCUT2D eigenvalue weighted by molar-refractivity contribution is 6.41. The zero-order valence-electron chi connectivity index (χ0n) is 8.18. The average molecular weight is 300 g/mol. The summed E-state index contributed by atoms with van der Waals surface area (Å²) in [6.07, 6.45) is -4.70. The van der Waals surface area contributed by atoms with Gasteiger partial charge >= 0.3 is 11.9 Å². The van der Waals surface area contributed by atoms with E-state index in [9.17, 15) is 23.3 Å². The Balaban J connectivity index is 2.79. The second-order valence-corrected chi connectivity index (χ2v) is 4.04. The van der Waals surface area contributed by atoms with Crippen LogP contribution in [0.1, 0.15) is 5.82 Å². The highest BCUT2D eigenvalue weighted by Crippen LogP contribution is 2.39. The highest BCUT2D eigenvalue weighted by Gasteiger charge is 2.36. The quantitative estimate of drug-likeness (QED) is 0.643. The molecule has 18 heavy (non-hydrogen) atoms. The van der Waals surface area contributed by atoms with Crippen LogP contribution in [0.3, 0.4) is 0 Å². The first kappa shape index (κ1) is 12.9. The molecule has 0 saturated carbocycles. The molecule has 0 aliphatic rings. The second kappa shape index (κ2) is 3.99. The van der Waals surface area contributed by atoms with Crippen molar-refractivity contribution in [3.05, 3.63) is 32.1 Å². The van der Waals surface area contributed by atoms with E-state index in [1.54, 1.807) is 0 Å². The van der Waals surface area contributed by atoms with Crippen molar-refractivity contribution in [1.82, 2.24) is 9.97 Å². The zero-order valence-corrected chi connectivity index (χ0v) is 9.69. The standard InChI is InChI=1S/C8H2Cl2F3N3O2/c9-2-1-3-5(4(10)6(2)16(17)18)15-7(14-3)8(11,12)13/h1H,(H,14,15). The molecule has 1 aromatic heterocycles. The third-order valence-electron chi connectivity index (χ3n) is 2.10. The molecular weight excluding hydrogens is 298 g/mol. The van der Waals surface area contributed by atoms with Crippen LogP contribution in [0.15, 0.2) is 6.07 Å². The van der Waals surface area contributed by atoms with Gasteiger partial charge in [-0.3, -0.25) is 10.1 Å². The van der Waals surface area contributed by atoms with E-state index >= 15 is 0 Å². The Morgan fingerprint density at radius 1 is 1.39 bits per heavy atom. The zero-order chi connectivity index (χ0) is 13.7. The van der Waals surface area contributed by atoms with E-state index in [-0.39, 0.29) is 16.1 Å². The van der Waals surface area contributed by atoms with Crippen molar-refractivity contribution < 1.29 is 18.1 Å². The van der Waals surface area contributed by atoms with E-state index in [0.717, 1.165) is 6.07 Å². The number of halogens is 5. The van der Waals surface area contributed by atoms with E-state index in [0.29, 0.717) is 0 Å². The molecule has 1 N–H and O–H groups in total. The Hall–Kier alpha value is -1.54. The first-order valence-corrected chi connectivity index (χ1v) is 5.06. The first-order valence-electron chi connectivity index (χ1n) is 4.31. The summed E-state index contributed by atoms with van der Waals surface area (Å²) < 4.78 is 37.2. The predicted molar refractivity (Wildman–Crippen MR) is 57.8 cm³/mol. The van der Waals surface area contributed by atoms with E-state index in [1.807, 2.05) is 4.98 Å². The molecule has 2 rings (SSSR count). The molecule has 0 spiro atoms. The summed E-state index contributed by atoms with van der Waals surface area (Å²) in [5.41, 5.74) is -1.14. The van der Waals surface area contributed by atoms with Crippen molar-refractivity contribution in [3.8, 4) is 0 Å². The number of imidazole rings is 1. The van der Waals surface area contributed by atoms with Gasteiger partial charge in [0.2, 0.25) is 5.82 Å². The topological polar surface area (TPSA) is 71.8 Å². The second-order valence-electron chi connectivity index (χ2n) is 3.26. The Labute approximate surface area is 107 Å². The Bertz CT molecular complexity index is 653. The largest absolute Gasteiger partial charge is 0.449 e. The number of H-pyrrole nitrogens is 1. The van der Waals surface area contributed by atoms with Gasteiger partial charge in [-0.1, -0.05) is 23.2 Å². The lowest BCUT2D eigenvalue weighted by atomic mass is 10.3. The number of rotatable bonds is 1. The fourth-order valence-electron chi connectivity index (χ4n) is 1.37. The fraction of sp³-hybridized carbons (Fsp3) is 0.125. The molecule has 0 radical (unpaired) electrons. The number of aromatic nitrogens is 2. The number of fused-ring (bicyclic) bond motifs is 1. The molecule has 0 saturated heterocycles. The Morgan fingerprint density at radius 2 is 2.00 bits per heavy atom. The molecule has 2 aromatic rings. The first-order chi connectivity index (χ1) is 8.21. The van der Waals surface area contributed by atoms with Gasteiger partial charge in [0.05, 0.1) is 10.4 Å². The van der Waals surface area contributed by atoms with Gasteiger partial charge < -0.3 is 4.98 Å². The molecule has 1 aromatic carbocycles. The number of hydrogen-bond acceptors (Lipinski definition) is 3. The molecular formula is C8H2Cl2F3N3O2. The molecule has 0 aliphatic heterocycles. The van der Waals surface area contributed by atoms with Crippen LogP contribution < -0.4 is 0 Å². The third kappa shape index (κ3) is 1.97. The van der Waals surface area contributed by atoms with Crippen LogP contribution in [0.5, 0.6) is 0 Å². The molecule has 0 amide bonds. The van der Waals surface area contributed by atoms with Crippen molar-refractivity contribution in [3.63, 3.8) is 0 Å². The summed E-state index contributed by atoms with van der Waals surface area (Å²) in [4.78, 5) is 14.9. The highest BCUT2D eigenvalue weighted by atomic mass is 35.5. The number of nitrogens with zero attached hydrogens (tertiary/aromatic N) is 2. The molecule has 0 aliphatic carbocycles. The fourth-order valence-corrected chi connectivity index (χ4v) is 2.01. The molecule has 1 heterocycles. The average Bonchev–Trinajstić information content (AvgIpc) is 2.60. The van der Waals surface area contributed by atoms with Crippen molar-refractivity contribution >= 4 is 39.9 Å². The molecule has 10 heteroatoms. The van der Waals surface area contributed by atoms with E-state index in [2.05, 4.69) is 4.98 Å². The minimum absolute atomic E-state index is 0.122. The number of nitrogens with one attached hydrogen (secondary N) is 1. The minimum atomic E-state index is -4.70. The summed E-state index contributed by atoms with van der Waals surface area (Å²) in [6, 6.07) is 0.975. The van der Waals surface area contributed by atoms with Crippen LogP contribution in [-0.2, 0) is 6.18 Å². The van der Waals surface area contributed by atoms with Crippen molar-refractivity contribution in [2.24, 2.45) is 0 Å². The molecule has 96 valence electrons.